The first-order valence-corrected chi connectivity index (χ1v) is 9.68. The van der Waals surface area contributed by atoms with Crippen molar-refractivity contribution in [2.24, 2.45) is 5.92 Å². The minimum Gasteiger partial charge on any atom is -0.468 e. The number of carbonyl (C=O) groups is 2. The maximum Gasteiger partial charge on any atom is 0.329 e. The number of aromatic amines is 1. The van der Waals surface area contributed by atoms with Crippen LogP contribution in [0, 0.1) is 5.92 Å². The Bertz CT molecular complexity index is 934. The van der Waals surface area contributed by atoms with E-state index in [-0.39, 0.29) is 18.2 Å². The van der Waals surface area contributed by atoms with Crippen molar-refractivity contribution >= 4 is 34.4 Å². The molecule has 5 nitrogen and oxygen atoms in total. The minimum atomic E-state index is -1.20. The molecular formula is C21H23ClN2O3. The molecule has 3 atom stereocenters. The van der Waals surface area contributed by atoms with E-state index in [9.17, 15) is 9.59 Å². The minimum absolute atomic E-state index is 0.0116. The number of rotatable bonds is 4. The summed E-state index contributed by atoms with van der Waals surface area (Å²) in [7, 11) is 1.35. The summed E-state index contributed by atoms with van der Waals surface area (Å²) < 4.78 is 4.99. The number of ether oxygens (including phenoxy) is 1. The number of piperidine rings is 1. The fourth-order valence-electron chi connectivity index (χ4n) is 4.63. The van der Waals surface area contributed by atoms with Crippen molar-refractivity contribution in [1.82, 2.24) is 9.88 Å². The Morgan fingerprint density at radius 1 is 1.37 bits per heavy atom. The van der Waals surface area contributed by atoms with Crippen LogP contribution >= 0.6 is 11.6 Å². The quantitative estimate of drug-likeness (QED) is 0.497. The van der Waals surface area contributed by atoms with Gasteiger partial charge in [0.2, 0.25) is 5.91 Å². The lowest BCUT2D eigenvalue weighted by Gasteiger charge is -2.52. The third kappa shape index (κ3) is 2.85. The van der Waals surface area contributed by atoms with Gasteiger partial charge in [-0.05, 0) is 36.0 Å². The normalized spacial score (nSPS) is 26.9. The van der Waals surface area contributed by atoms with E-state index in [0.717, 1.165) is 28.5 Å². The predicted molar refractivity (Wildman–Crippen MR) is 105 cm³/mol. The summed E-state index contributed by atoms with van der Waals surface area (Å²) >= 11 is 6.80. The van der Waals surface area contributed by atoms with E-state index < -0.39 is 16.9 Å². The number of hydrogen-bond donors (Lipinski definition) is 1. The fraction of sp³-hybridized carbons (Fsp3) is 0.429. The molecule has 2 aromatic rings. The summed E-state index contributed by atoms with van der Waals surface area (Å²) in [6.07, 6.45) is 5.60. The highest BCUT2D eigenvalue weighted by molar-refractivity contribution is 6.35. The third-order valence-electron chi connectivity index (χ3n) is 5.81. The Kier molecular flexibility index (Phi) is 4.50. The van der Waals surface area contributed by atoms with Crippen LogP contribution in [0.4, 0.5) is 0 Å². The van der Waals surface area contributed by atoms with Crippen molar-refractivity contribution in [3.63, 3.8) is 0 Å². The van der Waals surface area contributed by atoms with Gasteiger partial charge in [0.1, 0.15) is 0 Å². The highest BCUT2D eigenvalue weighted by Gasteiger charge is 2.57. The van der Waals surface area contributed by atoms with Gasteiger partial charge in [0.15, 0.2) is 4.87 Å². The molecule has 2 bridgehead atoms. The lowest BCUT2D eigenvalue weighted by atomic mass is 9.71. The third-order valence-corrected chi connectivity index (χ3v) is 6.32. The number of alkyl halides is 1. The van der Waals surface area contributed by atoms with Crippen LogP contribution in [-0.2, 0) is 20.7 Å². The summed E-state index contributed by atoms with van der Waals surface area (Å²) in [5.41, 5.74) is 3.01. The zero-order valence-corrected chi connectivity index (χ0v) is 16.3. The Morgan fingerprint density at radius 3 is 2.89 bits per heavy atom. The lowest BCUT2D eigenvalue weighted by Crippen LogP contribution is -2.65. The van der Waals surface area contributed by atoms with Crippen molar-refractivity contribution < 1.29 is 14.3 Å². The molecule has 1 fully saturated rings. The van der Waals surface area contributed by atoms with E-state index in [1.165, 1.54) is 7.11 Å². The molecule has 1 aliphatic carbocycles. The smallest absolute Gasteiger partial charge is 0.329 e. The number of carbonyl (C=O) groups excluding carboxylic acids is 2. The number of methoxy groups -OCH3 is 1. The highest BCUT2D eigenvalue weighted by Crippen LogP contribution is 2.47. The number of H-pyrrole nitrogens is 1. The molecule has 1 amide bonds. The first-order chi connectivity index (χ1) is 13.0. The van der Waals surface area contributed by atoms with Crippen LogP contribution in [0.25, 0.3) is 10.9 Å². The summed E-state index contributed by atoms with van der Waals surface area (Å²) in [6.45, 7) is 2.63. The number of nitrogens with one attached hydrogen (secondary N) is 1. The summed E-state index contributed by atoms with van der Waals surface area (Å²) in [5, 5.41) is 1.05. The first kappa shape index (κ1) is 18.1. The van der Waals surface area contributed by atoms with E-state index in [4.69, 9.17) is 16.3 Å². The number of nitrogens with zero attached hydrogens (tertiary/aromatic N) is 1. The Balaban J connectivity index is 1.65. The van der Waals surface area contributed by atoms with Crippen LogP contribution in [0.15, 0.2) is 42.1 Å². The summed E-state index contributed by atoms with van der Waals surface area (Å²) in [4.78, 5) is 29.5. The summed E-state index contributed by atoms with van der Waals surface area (Å²) in [5.74, 6) is -0.390. The van der Waals surface area contributed by atoms with Gasteiger partial charge in [0, 0.05) is 23.6 Å². The van der Waals surface area contributed by atoms with Gasteiger partial charge in [-0.25, -0.2) is 0 Å². The number of fused-ring (bicyclic) bond motifs is 3. The van der Waals surface area contributed by atoms with Crippen LogP contribution < -0.4 is 0 Å². The van der Waals surface area contributed by atoms with Gasteiger partial charge in [-0.1, -0.05) is 31.2 Å². The van der Waals surface area contributed by atoms with Crippen molar-refractivity contribution in [2.75, 3.05) is 13.7 Å². The number of amides is 1. The molecule has 27 heavy (non-hydrogen) atoms. The van der Waals surface area contributed by atoms with Crippen LogP contribution in [0.1, 0.15) is 25.3 Å². The molecule has 1 aromatic heterocycles. The second kappa shape index (κ2) is 6.71. The monoisotopic (exact) mass is 386 g/mol. The van der Waals surface area contributed by atoms with E-state index in [1.54, 1.807) is 4.90 Å². The zero-order valence-electron chi connectivity index (χ0n) is 15.5. The standard InChI is InChI=1S/C21H23ClN2O3/c1-3-14-8-13-10-21(22,20(26)27-2)19(14)24(12-13)18(25)9-15-11-23-17-7-5-4-6-16(15)17/h4-8,11,13,19,23H,3,9-10,12H2,1-2H3/t13-,19+,21-/m0/s1. The molecule has 2 aliphatic heterocycles. The number of aromatic nitrogens is 1. The Morgan fingerprint density at radius 2 is 2.15 bits per heavy atom. The highest BCUT2D eigenvalue weighted by atomic mass is 35.5. The van der Waals surface area contributed by atoms with Gasteiger partial charge in [-0.15, -0.1) is 11.6 Å². The van der Waals surface area contributed by atoms with Gasteiger partial charge >= 0.3 is 5.97 Å². The van der Waals surface area contributed by atoms with E-state index in [2.05, 4.69) is 11.1 Å². The van der Waals surface area contributed by atoms with Crippen molar-refractivity contribution in [2.45, 2.75) is 37.1 Å². The second-order valence-electron chi connectivity index (χ2n) is 7.40. The van der Waals surface area contributed by atoms with Crippen LogP contribution in [-0.4, -0.2) is 46.3 Å². The summed E-state index contributed by atoms with van der Waals surface area (Å²) in [6, 6.07) is 7.48. The molecule has 5 rings (SSSR count). The second-order valence-corrected chi connectivity index (χ2v) is 8.07. The number of esters is 1. The van der Waals surface area contributed by atoms with Gasteiger partial charge in [0.25, 0.3) is 0 Å². The maximum atomic E-state index is 13.2. The van der Waals surface area contributed by atoms with Crippen molar-refractivity contribution in [1.29, 1.82) is 0 Å². The van der Waals surface area contributed by atoms with Gasteiger partial charge < -0.3 is 14.6 Å². The van der Waals surface area contributed by atoms with Gasteiger partial charge in [-0.2, -0.15) is 0 Å². The molecule has 142 valence electrons. The molecular weight excluding hydrogens is 364 g/mol. The topological polar surface area (TPSA) is 62.4 Å². The molecule has 3 aliphatic rings. The molecule has 0 spiro atoms. The predicted octanol–water partition coefficient (Wildman–Crippen LogP) is 3.43. The molecule has 3 heterocycles. The van der Waals surface area contributed by atoms with Gasteiger partial charge in [0.05, 0.1) is 19.6 Å². The molecule has 0 unspecified atom stereocenters. The average molecular weight is 387 g/mol. The molecule has 6 heteroatoms. The Hall–Kier alpha value is -2.27. The van der Waals surface area contributed by atoms with Crippen LogP contribution in [0.5, 0.6) is 0 Å². The average Bonchev–Trinajstić information content (AvgIpc) is 3.09. The molecule has 1 saturated heterocycles. The van der Waals surface area contributed by atoms with Crippen molar-refractivity contribution in [3.8, 4) is 0 Å². The number of halogens is 1. The first-order valence-electron chi connectivity index (χ1n) is 9.30. The van der Waals surface area contributed by atoms with E-state index in [0.29, 0.717) is 13.0 Å². The van der Waals surface area contributed by atoms with Crippen LogP contribution in [0.3, 0.4) is 0 Å². The van der Waals surface area contributed by atoms with Crippen LogP contribution in [0.2, 0.25) is 0 Å². The molecule has 1 N–H and O–H groups in total. The fourth-order valence-corrected chi connectivity index (χ4v) is 5.16. The number of hydrogen-bond acceptors (Lipinski definition) is 3. The lowest BCUT2D eigenvalue weighted by molar-refractivity contribution is -0.151. The molecule has 0 radical (unpaired) electrons. The number of para-hydroxylation sites is 1. The van der Waals surface area contributed by atoms with Gasteiger partial charge in [-0.3, -0.25) is 9.59 Å². The van der Waals surface area contributed by atoms with E-state index >= 15 is 0 Å². The van der Waals surface area contributed by atoms with Crippen molar-refractivity contribution in [3.05, 3.63) is 47.7 Å². The molecule has 0 saturated carbocycles. The largest absolute Gasteiger partial charge is 0.468 e. The zero-order chi connectivity index (χ0) is 19.2. The van der Waals surface area contributed by atoms with E-state index in [1.807, 2.05) is 37.4 Å². The maximum absolute atomic E-state index is 13.2. The molecule has 1 aromatic carbocycles. The Labute approximate surface area is 163 Å². The number of benzene rings is 1. The SMILES string of the molecule is CCC1=C[C@@H]2CN(C(=O)Cc3c[nH]c4ccccc34)[C@H]1[C@](Cl)(C(=O)OC)C2.